The molecular weight excluding hydrogens is 294 g/mol. The van der Waals surface area contributed by atoms with E-state index in [1.165, 1.54) is 0 Å². The summed E-state index contributed by atoms with van der Waals surface area (Å²) in [7, 11) is 0. The maximum atomic E-state index is 11.2. The summed E-state index contributed by atoms with van der Waals surface area (Å²) in [5, 5.41) is 8.14. The largest absolute Gasteiger partial charge is 0.366 e. The van der Waals surface area contributed by atoms with Crippen molar-refractivity contribution < 1.29 is 9.59 Å². The Bertz CT molecular complexity index is 883. The van der Waals surface area contributed by atoms with Gasteiger partial charge in [0.15, 0.2) is 0 Å². The van der Waals surface area contributed by atoms with Gasteiger partial charge in [-0.05, 0) is 36.4 Å². The van der Waals surface area contributed by atoms with E-state index in [2.05, 4.69) is 10.3 Å². The molecule has 0 atom stereocenters. The molecule has 0 fully saturated rings. The second-order valence-electron chi connectivity index (χ2n) is 4.90. The molecule has 114 valence electrons. The lowest BCUT2D eigenvalue weighted by Gasteiger charge is -2.01. The maximum absolute atomic E-state index is 11.2. The van der Waals surface area contributed by atoms with Crippen LogP contribution in [0.5, 0.6) is 0 Å². The summed E-state index contributed by atoms with van der Waals surface area (Å²) < 4.78 is 1.57. The van der Waals surface area contributed by atoms with E-state index in [0.29, 0.717) is 16.8 Å². The minimum absolute atomic E-state index is 0.405. The van der Waals surface area contributed by atoms with Crippen molar-refractivity contribution in [3.05, 3.63) is 65.9 Å². The lowest BCUT2D eigenvalue weighted by atomic mass is 10.1. The quantitative estimate of drug-likeness (QED) is 0.751. The van der Waals surface area contributed by atoms with Gasteiger partial charge in [0.2, 0.25) is 11.8 Å². The number of primary amides is 2. The molecule has 0 bridgehead atoms. The number of nitrogens with two attached hydrogens (primary N) is 2. The Morgan fingerprint density at radius 1 is 0.913 bits per heavy atom. The Labute approximate surface area is 131 Å². The van der Waals surface area contributed by atoms with Crippen molar-refractivity contribution in [3.8, 4) is 16.9 Å². The summed E-state index contributed by atoms with van der Waals surface area (Å²) in [5.74, 6) is -0.986. The zero-order valence-electron chi connectivity index (χ0n) is 12.0. The van der Waals surface area contributed by atoms with Gasteiger partial charge in [-0.2, -0.15) is 0 Å². The first-order chi connectivity index (χ1) is 11.0. The molecule has 0 unspecified atom stereocenters. The molecule has 3 aromatic rings. The van der Waals surface area contributed by atoms with E-state index in [1.807, 2.05) is 6.07 Å². The van der Waals surface area contributed by atoms with Crippen LogP contribution in [0.3, 0.4) is 0 Å². The molecule has 0 aliphatic rings. The second-order valence-corrected chi connectivity index (χ2v) is 4.90. The standard InChI is InChI=1S/C16H13N5O2/c17-15(22)10-4-6-13(7-5-10)21-9-14(19-20-21)11-2-1-3-12(8-11)16(18)23/h1-9H,(H2,17,22)(H2,18,23). The average Bonchev–Trinajstić information content (AvgIpc) is 3.05. The van der Waals surface area contributed by atoms with Crippen molar-refractivity contribution >= 4 is 11.8 Å². The molecule has 0 saturated heterocycles. The Morgan fingerprint density at radius 2 is 1.61 bits per heavy atom. The second kappa shape index (κ2) is 5.72. The lowest BCUT2D eigenvalue weighted by molar-refractivity contribution is 0.0992. The summed E-state index contributed by atoms with van der Waals surface area (Å²) in [6, 6.07) is 13.5. The van der Waals surface area contributed by atoms with Gasteiger partial charge >= 0.3 is 0 Å². The van der Waals surface area contributed by atoms with Gasteiger partial charge < -0.3 is 11.5 Å². The van der Waals surface area contributed by atoms with Crippen molar-refractivity contribution in [3.63, 3.8) is 0 Å². The van der Waals surface area contributed by atoms with Crippen LogP contribution in [-0.4, -0.2) is 26.8 Å². The average molecular weight is 307 g/mol. The Balaban J connectivity index is 1.92. The predicted molar refractivity (Wildman–Crippen MR) is 83.8 cm³/mol. The highest BCUT2D eigenvalue weighted by atomic mass is 16.1. The molecule has 23 heavy (non-hydrogen) atoms. The molecule has 0 saturated carbocycles. The number of carbonyl (C=O) groups is 2. The van der Waals surface area contributed by atoms with Gasteiger partial charge in [0.1, 0.15) is 5.69 Å². The Hall–Kier alpha value is -3.48. The van der Waals surface area contributed by atoms with Gasteiger partial charge in [-0.3, -0.25) is 9.59 Å². The van der Waals surface area contributed by atoms with E-state index >= 15 is 0 Å². The highest BCUT2D eigenvalue weighted by molar-refractivity contribution is 5.94. The molecule has 0 radical (unpaired) electrons. The van der Waals surface area contributed by atoms with E-state index in [-0.39, 0.29) is 0 Å². The molecule has 7 heteroatoms. The van der Waals surface area contributed by atoms with Crippen molar-refractivity contribution in [1.82, 2.24) is 15.0 Å². The smallest absolute Gasteiger partial charge is 0.248 e. The highest BCUT2D eigenvalue weighted by Gasteiger charge is 2.08. The molecule has 2 aromatic carbocycles. The molecule has 7 nitrogen and oxygen atoms in total. The fraction of sp³-hybridized carbons (Fsp3) is 0. The van der Waals surface area contributed by atoms with Crippen molar-refractivity contribution in [1.29, 1.82) is 0 Å². The third-order valence-corrected chi connectivity index (χ3v) is 3.35. The SMILES string of the molecule is NC(=O)c1ccc(-n2cc(-c3cccc(C(N)=O)c3)nn2)cc1. The first-order valence-electron chi connectivity index (χ1n) is 6.77. The Morgan fingerprint density at radius 3 is 2.26 bits per heavy atom. The van der Waals surface area contributed by atoms with Crippen molar-refractivity contribution in [2.45, 2.75) is 0 Å². The zero-order valence-corrected chi connectivity index (χ0v) is 12.0. The number of amides is 2. The van der Waals surface area contributed by atoms with Gasteiger partial charge in [-0.25, -0.2) is 4.68 Å². The number of rotatable bonds is 4. The molecule has 4 N–H and O–H groups in total. The maximum Gasteiger partial charge on any atom is 0.248 e. The summed E-state index contributed by atoms with van der Waals surface area (Å²) >= 11 is 0. The number of hydrogen-bond acceptors (Lipinski definition) is 4. The van der Waals surface area contributed by atoms with E-state index in [1.54, 1.807) is 53.3 Å². The molecular formula is C16H13N5O2. The predicted octanol–water partition coefficient (Wildman–Crippen LogP) is 1.13. The van der Waals surface area contributed by atoms with Crippen molar-refractivity contribution in [2.24, 2.45) is 11.5 Å². The fourth-order valence-electron chi connectivity index (χ4n) is 2.13. The number of hydrogen-bond donors (Lipinski definition) is 2. The first kappa shape index (κ1) is 14.5. The monoisotopic (exact) mass is 307 g/mol. The first-order valence-corrected chi connectivity index (χ1v) is 6.77. The summed E-state index contributed by atoms with van der Waals surface area (Å²) in [6.07, 6.45) is 1.72. The Kier molecular flexibility index (Phi) is 3.60. The van der Waals surface area contributed by atoms with Crippen LogP contribution in [0.25, 0.3) is 16.9 Å². The number of nitrogens with zero attached hydrogens (tertiary/aromatic N) is 3. The number of aromatic nitrogens is 3. The van der Waals surface area contributed by atoms with E-state index in [9.17, 15) is 9.59 Å². The van der Waals surface area contributed by atoms with Crippen LogP contribution in [0.4, 0.5) is 0 Å². The molecule has 1 aromatic heterocycles. The number of benzene rings is 2. The number of carbonyl (C=O) groups excluding carboxylic acids is 2. The summed E-state index contributed by atoms with van der Waals surface area (Å²) in [6.45, 7) is 0. The summed E-state index contributed by atoms with van der Waals surface area (Å²) in [5.41, 5.74) is 13.4. The van der Waals surface area contributed by atoms with E-state index in [4.69, 9.17) is 11.5 Å². The van der Waals surface area contributed by atoms with Crippen LogP contribution in [0.15, 0.2) is 54.7 Å². The van der Waals surface area contributed by atoms with Crippen LogP contribution in [0, 0.1) is 0 Å². The third kappa shape index (κ3) is 2.93. The van der Waals surface area contributed by atoms with E-state index in [0.717, 1.165) is 11.3 Å². The van der Waals surface area contributed by atoms with Crippen LogP contribution in [0.1, 0.15) is 20.7 Å². The highest BCUT2D eigenvalue weighted by Crippen LogP contribution is 2.19. The summed E-state index contributed by atoms with van der Waals surface area (Å²) in [4.78, 5) is 22.3. The zero-order chi connectivity index (χ0) is 16.4. The topological polar surface area (TPSA) is 117 Å². The fourth-order valence-corrected chi connectivity index (χ4v) is 2.13. The molecule has 0 aliphatic carbocycles. The van der Waals surface area contributed by atoms with Gasteiger partial charge in [0.05, 0.1) is 11.9 Å². The van der Waals surface area contributed by atoms with Crippen LogP contribution in [0.2, 0.25) is 0 Å². The minimum Gasteiger partial charge on any atom is -0.366 e. The van der Waals surface area contributed by atoms with Gasteiger partial charge in [-0.1, -0.05) is 17.3 Å². The van der Waals surface area contributed by atoms with Gasteiger partial charge in [0.25, 0.3) is 0 Å². The molecule has 0 aliphatic heterocycles. The van der Waals surface area contributed by atoms with Crippen molar-refractivity contribution in [2.75, 3.05) is 0 Å². The molecule has 2 amide bonds. The molecule has 1 heterocycles. The normalized spacial score (nSPS) is 10.4. The lowest BCUT2D eigenvalue weighted by Crippen LogP contribution is -2.10. The van der Waals surface area contributed by atoms with Gasteiger partial charge in [-0.15, -0.1) is 5.10 Å². The van der Waals surface area contributed by atoms with Gasteiger partial charge in [0, 0.05) is 16.7 Å². The van der Waals surface area contributed by atoms with Crippen LogP contribution < -0.4 is 11.5 Å². The third-order valence-electron chi connectivity index (χ3n) is 3.35. The van der Waals surface area contributed by atoms with Crippen LogP contribution >= 0.6 is 0 Å². The molecule has 0 spiro atoms. The minimum atomic E-state index is -0.499. The van der Waals surface area contributed by atoms with Crippen LogP contribution in [-0.2, 0) is 0 Å². The molecule has 3 rings (SSSR count). The van der Waals surface area contributed by atoms with E-state index < -0.39 is 11.8 Å².